The molecule has 1 aliphatic rings. The zero-order chi connectivity index (χ0) is 19.2. The van der Waals surface area contributed by atoms with Crippen LogP contribution in [-0.4, -0.2) is 64.3 Å². The van der Waals surface area contributed by atoms with Crippen molar-refractivity contribution < 1.29 is 0 Å². The molecule has 0 radical (unpaired) electrons. The van der Waals surface area contributed by atoms with Gasteiger partial charge in [0.1, 0.15) is 12.2 Å². The van der Waals surface area contributed by atoms with Crippen LogP contribution in [0.5, 0.6) is 0 Å². The van der Waals surface area contributed by atoms with E-state index in [9.17, 15) is 0 Å². The number of thiophene rings is 1. The van der Waals surface area contributed by atoms with E-state index >= 15 is 0 Å². The number of aromatic nitrogens is 3. The fraction of sp³-hybridized carbons (Fsp3) is 0.632. The number of likely N-dealkylation sites (tertiary alicyclic amines) is 1. The van der Waals surface area contributed by atoms with Crippen molar-refractivity contribution in [1.29, 1.82) is 0 Å². The van der Waals surface area contributed by atoms with Gasteiger partial charge in [-0.25, -0.2) is 4.98 Å². The van der Waals surface area contributed by atoms with Crippen LogP contribution in [-0.2, 0) is 13.6 Å². The lowest BCUT2D eigenvalue weighted by Gasteiger charge is -2.38. The fourth-order valence-electron chi connectivity index (χ4n) is 3.78. The number of nitrogens with zero attached hydrogens (tertiary/aromatic N) is 6. The Bertz CT molecular complexity index is 724. The molecule has 3 heterocycles. The standard InChI is InChI=1S/C19H31N7S/c1-5-20-19(25(3)13-17-22-14-23-26(17)4)21-12-15-8-6-10-24(2)18(15)16-9-7-11-27-16/h7,9,11,14-15,18H,5-6,8,10,12-13H2,1-4H3,(H,20,21). The number of aliphatic imine (C=N–C) groups is 1. The Kier molecular flexibility index (Phi) is 6.84. The third-order valence-electron chi connectivity index (χ3n) is 5.20. The SMILES string of the molecule is CCNC(=NCC1CCCN(C)C1c1cccs1)N(C)Cc1ncnn1C. The summed E-state index contributed by atoms with van der Waals surface area (Å²) >= 11 is 1.86. The van der Waals surface area contributed by atoms with Gasteiger partial charge in [-0.3, -0.25) is 14.6 Å². The Morgan fingerprint density at radius 2 is 2.30 bits per heavy atom. The summed E-state index contributed by atoms with van der Waals surface area (Å²) in [5, 5.41) is 9.76. The largest absolute Gasteiger partial charge is 0.357 e. The molecule has 1 saturated heterocycles. The van der Waals surface area contributed by atoms with Crippen molar-refractivity contribution in [1.82, 2.24) is 29.9 Å². The molecule has 2 unspecified atom stereocenters. The first kappa shape index (κ1) is 19.8. The lowest BCUT2D eigenvalue weighted by molar-refractivity contribution is 0.128. The summed E-state index contributed by atoms with van der Waals surface area (Å²) in [7, 11) is 6.22. The van der Waals surface area contributed by atoms with Crippen molar-refractivity contribution in [2.24, 2.45) is 18.0 Å². The predicted octanol–water partition coefficient (Wildman–Crippen LogP) is 2.36. The van der Waals surface area contributed by atoms with Crippen LogP contribution in [0.2, 0.25) is 0 Å². The van der Waals surface area contributed by atoms with Gasteiger partial charge < -0.3 is 10.2 Å². The molecule has 27 heavy (non-hydrogen) atoms. The number of piperidine rings is 1. The highest BCUT2D eigenvalue weighted by Crippen LogP contribution is 2.37. The van der Waals surface area contributed by atoms with Gasteiger partial charge in [-0.1, -0.05) is 6.07 Å². The van der Waals surface area contributed by atoms with Gasteiger partial charge in [0.2, 0.25) is 0 Å². The summed E-state index contributed by atoms with van der Waals surface area (Å²) in [6.07, 6.45) is 4.06. The summed E-state index contributed by atoms with van der Waals surface area (Å²) < 4.78 is 1.81. The lowest BCUT2D eigenvalue weighted by atomic mass is 9.88. The van der Waals surface area contributed by atoms with E-state index in [1.54, 1.807) is 6.33 Å². The van der Waals surface area contributed by atoms with Crippen molar-refractivity contribution in [3.05, 3.63) is 34.5 Å². The molecule has 2 aromatic heterocycles. The van der Waals surface area contributed by atoms with Crippen molar-refractivity contribution in [2.75, 3.05) is 33.7 Å². The fourth-order valence-corrected chi connectivity index (χ4v) is 4.77. The number of aryl methyl sites for hydroxylation is 1. The quantitative estimate of drug-likeness (QED) is 0.607. The van der Waals surface area contributed by atoms with E-state index in [1.165, 1.54) is 17.7 Å². The Balaban J connectivity index is 1.72. The van der Waals surface area contributed by atoms with Gasteiger partial charge >= 0.3 is 0 Å². The molecule has 0 spiro atoms. The lowest BCUT2D eigenvalue weighted by Crippen LogP contribution is -2.41. The Labute approximate surface area is 166 Å². The van der Waals surface area contributed by atoms with E-state index in [2.05, 4.69) is 63.7 Å². The highest BCUT2D eigenvalue weighted by atomic mass is 32.1. The minimum Gasteiger partial charge on any atom is -0.357 e. The normalized spacial score (nSPS) is 21.4. The van der Waals surface area contributed by atoms with Crippen LogP contribution in [0, 0.1) is 5.92 Å². The Morgan fingerprint density at radius 3 is 2.96 bits per heavy atom. The van der Waals surface area contributed by atoms with Crippen LogP contribution in [0.4, 0.5) is 0 Å². The second-order valence-electron chi connectivity index (χ2n) is 7.19. The van der Waals surface area contributed by atoms with Crippen LogP contribution >= 0.6 is 11.3 Å². The van der Waals surface area contributed by atoms with Crippen molar-refractivity contribution in [2.45, 2.75) is 32.4 Å². The van der Waals surface area contributed by atoms with Crippen LogP contribution in [0.3, 0.4) is 0 Å². The molecule has 0 saturated carbocycles. The molecule has 0 aromatic carbocycles. The number of hydrogen-bond acceptors (Lipinski definition) is 5. The van der Waals surface area contributed by atoms with Gasteiger partial charge in [0.05, 0.1) is 6.54 Å². The maximum Gasteiger partial charge on any atom is 0.194 e. The number of nitrogens with one attached hydrogen (secondary N) is 1. The highest BCUT2D eigenvalue weighted by Gasteiger charge is 2.31. The summed E-state index contributed by atoms with van der Waals surface area (Å²) in [6.45, 7) is 5.63. The highest BCUT2D eigenvalue weighted by molar-refractivity contribution is 7.10. The third-order valence-corrected chi connectivity index (χ3v) is 6.14. The maximum atomic E-state index is 4.99. The first-order chi connectivity index (χ1) is 13.1. The molecule has 0 aliphatic carbocycles. The second-order valence-corrected chi connectivity index (χ2v) is 8.17. The van der Waals surface area contributed by atoms with Gasteiger partial charge in [-0.2, -0.15) is 5.10 Å². The van der Waals surface area contributed by atoms with Gasteiger partial charge in [-0.15, -0.1) is 11.3 Å². The summed E-state index contributed by atoms with van der Waals surface area (Å²) in [5.74, 6) is 2.40. The predicted molar refractivity (Wildman–Crippen MR) is 111 cm³/mol. The minimum absolute atomic E-state index is 0.467. The smallest absolute Gasteiger partial charge is 0.194 e. The molecular formula is C19H31N7S. The van der Waals surface area contributed by atoms with E-state index in [-0.39, 0.29) is 0 Å². The average molecular weight is 390 g/mol. The minimum atomic E-state index is 0.467. The monoisotopic (exact) mass is 389 g/mol. The van der Waals surface area contributed by atoms with Crippen LogP contribution < -0.4 is 5.32 Å². The molecule has 0 bridgehead atoms. The van der Waals surface area contributed by atoms with E-state index in [0.717, 1.165) is 31.4 Å². The van der Waals surface area contributed by atoms with E-state index < -0.39 is 0 Å². The number of rotatable bonds is 6. The zero-order valence-corrected chi connectivity index (χ0v) is 17.6. The Hall–Kier alpha value is -1.93. The molecule has 1 N–H and O–H groups in total. The van der Waals surface area contributed by atoms with Crippen LogP contribution in [0.25, 0.3) is 0 Å². The molecule has 2 aromatic rings. The van der Waals surface area contributed by atoms with Crippen LogP contribution in [0.15, 0.2) is 28.8 Å². The molecule has 0 amide bonds. The molecule has 1 fully saturated rings. The summed E-state index contributed by atoms with van der Waals surface area (Å²) in [4.78, 5) is 15.4. The van der Waals surface area contributed by atoms with Crippen molar-refractivity contribution in [3.63, 3.8) is 0 Å². The maximum absolute atomic E-state index is 4.99. The second kappa shape index (κ2) is 9.32. The van der Waals surface area contributed by atoms with Gasteiger partial charge in [0.25, 0.3) is 0 Å². The molecule has 7 nitrogen and oxygen atoms in total. The molecule has 8 heteroatoms. The van der Waals surface area contributed by atoms with Crippen molar-refractivity contribution in [3.8, 4) is 0 Å². The summed E-state index contributed by atoms with van der Waals surface area (Å²) in [6, 6.07) is 4.88. The van der Waals surface area contributed by atoms with Crippen molar-refractivity contribution >= 4 is 17.3 Å². The van der Waals surface area contributed by atoms with Gasteiger partial charge in [0.15, 0.2) is 5.96 Å². The summed E-state index contributed by atoms with van der Waals surface area (Å²) in [5.41, 5.74) is 0. The first-order valence-corrected chi connectivity index (χ1v) is 10.5. The molecule has 148 valence electrons. The van der Waals surface area contributed by atoms with E-state index in [1.807, 2.05) is 23.1 Å². The topological polar surface area (TPSA) is 61.6 Å². The van der Waals surface area contributed by atoms with E-state index in [4.69, 9.17) is 4.99 Å². The van der Waals surface area contributed by atoms with Gasteiger partial charge in [0, 0.05) is 38.1 Å². The molecule has 1 aliphatic heterocycles. The molecule has 3 rings (SSSR count). The number of hydrogen-bond donors (Lipinski definition) is 1. The first-order valence-electron chi connectivity index (χ1n) is 9.66. The average Bonchev–Trinajstić information content (AvgIpc) is 3.31. The molecular weight excluding hydrogens is 358 g/mol. The third kappa shape index (κ3) is 4.87. The van der Waals surface area contributed by atoms with E-state index in [0.29, 0.717) is 18.5 Å². The van der Waals surface area contributed by atoms with Crippen LogP contribution in [0.1, 0.15) is 36.5 Å². The number of guanidine groups is 1. The van der Waals surface area contributed by atoms with Gasteiger partial charge in [-0.05, 0) is 50.7 Å². The molecule has 2 atom stereocenters. The zero-order valence-electron chi connectivity index (χ0n) is 16.8. The Morgan fingerprint density at radius 1 is 1.44 bits per heavy atom.